The van der Waals surface area contributed by atoms with Gasteiger partial charge in [0.1, 0.15) is 146 Å². The Kier molecular flexibility index (Phi) is 19.5. The van der Waals surface area contributed by atoms with Gasteiger partial charge in [-0.25, -0.2) is 0 Å². The van der Waals surface area contributed by atoms with Crippen LogP contribution in [0.1, 0.15) is 0 Å². The minimum absolute atomic E-state index is 0.494. The lowest BCUT2D eigenvalue weighted by Gasteiger charge is -2.48. The third kappa shape index (κ3) is 11.6. The van der Waals surface area contributed by atoms with Crippen molar-refractivity contribution < 1.29 is 159 Å². The van der Waals surface area contributed by atoms with Crippen LogP contribution < -0.4 is 0 Å². The van der Waals surface area contributed by atoms with Crippen LogP contribution in [0.15, 0.2) is 0 Å². The van der Waals surface area contributed by atoms with Crippen molar-refractivity contribution in [3.63, 3.8) is 0 Å². The molecule has 70 heavy (non-hydrogen) atoms. The van der Waals surface area contributed by atoms with Gasteiger partial charge < -0.3 is 159 Å². The van der Waals surface area contributed by atoms with Crippen molar-refractivity contribution in [1.29, 1.82) is 0 Å². The van der Waals surface area contributed by atoms with Crippen molar-refractivity contribution in [3.05, 3.63) is 0 Å². The number of ether oxygens (including phenoxy) is 13. The van der Waals surface area contributed by atoms with Gasteiger partial charge in [0, 0.05) is 0 Å². The first-order valence-electron chi connectivity index (χ1n) is 22.3. The summed E-state index contributed by atoms with van der Waals surface area (Å²) in [5.41, 5.74) is 0. The van der Waals surface area contributed by atoms with Crippen LogP contribution >= 0.6 is 0 Å². The molecule has 7 heterocycles. The predicted octanol–water partition coefficient (Wildman–Crippen LogP) is -13.7. The van der Waals surface area contributed by atoms with Crippen molar-refractivity contribution in [2.24, 2.45) is 0 Å². The average molecular weight is 1030 g/mol. The summed E-state index contributed by atoms with van der Waals surface area (Å²) >= 11 is 0. The normalized spacial score (nSPS) is 53.3. The minimum Gasteiger partial charge on any atom is -0.394 e. The number of rotatable bonds is 19. The Morgan fingerprint density at radius 2 is 0.529 bits per heavy atom. The summed E-state index contributed by atoms with van der Waals surface area (Å²) in [6, 6.07) is 0. The monoisotopic (exact) mass is 1030 g/mol. The van der Waals surface area contributed by atoms with Gasteiger partial charge in [-0.3, -0.25) is 0 Å². The van der Waals surface area contributed by atoms with Crippen LogP contribution in [-0.2, 0) is 61.6 Å². The standard InChI is InChI=1S/C38H64O32/c39-1-8-15(43)22(50)28(56)35(62-8)69-31-24(52)17(45)10(3-41)65-38(31)70-30-23(51)16(44)9(2-40)63-37(30)60-7-14-20(48)27(55)34(67-14)68-29-21(49)11(4-42)64-36(29)59-6-13-19(47)26(54)33(66-13)58-5-12-18(46)25(53)32(57)61-12/h8-57H,1-7H2/t8-,9-,10-,11-,12-,13-,14-,15-,16-,17-,18-,19-,20-,21-,22+,23+,24+,25+,26+,27+,28+,29+,30+,31+,32+,33+,34+,35-,36+,37+,38-/m1/s1. The number of aliphatic hydroxyl groups excluding tert-OH is 19. The summed E-state index contributed by atoms with van der Waals surface area (Å²) in [4.78, 5) is 0. The minimum atomic E-state index is -2.06. The van der Waals surface area contributed by atoms with E-state index in [1.807, 2.05) is 0 Å². The third-order valence-electron chi connectivity index (χ3n) is 13.1. The molecule has 0 bridgehead atoms. The molecule has 0 saturated carbocycles. The largest absolute Gasteiger partial charge is 0.394 e. The zero-order chi connectivity index (χ0) is 51.0. The van der Waals surface area contributed by atoms with E-state index in [9.17, 15) is 97.0 Å². The maximum atomic E-state index is 11.3. The van der Waals surface area contributed by atoms with Crippen LogP contribution in [0.4, 0.5) is 0 Å². The first-order valence-corrected chi connectivity index (χ1v) is 22.3. The highest BCUT2D eigenvalue weighted by molar-refractivity contribution is 4.98. The topological polar surface area (TPSA) is 504 Å². The SMILES string of the molecule is OC[C@H]1O[C@H](O[C@@H]2[C@@H](O[C@@H]3[C@@H](OC[C@H]4O[C@@H](O[C@@H]5[C@@H](OC[C@H]6O[C@H](OC[C@H]7O[C@H](O)[C@@H](O)[C@@H]7O)[C@@H](O)[C@@H]6O)O[C@H](CO)[C@H]5O)[C@@H](O)[C@@H]4O)O[C@H](CO)[C@@H](O)[C@@H]3O)O[C@H](CO)[C@@H](O)[C@@H]2O)[C@@H](O)[C@@H](O)[C@@H]1O. The highest BCUT2D eigenvalue weighted by Crippen LogP contribution is 2.36. The molecule has 7 rings (SSSR count). The van der Waals surface area contributed by atoms with Gasteiger partial charge in [0.25, 0.3) is 0 Å². The second-order valence-corrected chi connectivity index (χ2v) is 17.7. The summed E-state index contributed by atoms with van der Waals surface area (Å²) in [7, 11) is 0. The Hall–Kier alpha value is -1.28. The molecule has 0 spiro atoms. The van der Waals surface area contributed by atoms with Crippen LogP contribution in [0.2, 0.25) is 0 Å². The molecule has 0 aromatic heterocycles. The molecular formula is C38H64O32. The zero-order valence-corrected chi connectivity index (χ0v) is 36.7. The molecular weight excluding hydrogens is 968 g/mol. The van der Waals surface area contributed by atoms with Gasteiger partial charge in [0.05, 0.1) is 46.2 Å². The lowest BCUT2D eigenvalue weighted by Crippen LogP contribution is -2.67. The first-order chi connectivity index (χ1) is 33.2. The molecule has 7 aliphatic heterocycles. The molecule has 32 heteroatoms. The van der Waals surface area contributed by atoms with E-state index >= 15 is 0 Å². The molecule has 7 saturated heterocycles. The van der Waals surface area contributed by atoms with Gasteiger partial charge >= 0.3 is 0 Å². The third-order valence-corrected chi connectivity index (χ3v) is 13.1. The molecule has 0 aromatic rings. The predicted molar refractivity (Wildman–Crippen MR) is 208 cm³/mol. The number of aliphatic hydroxyl groups is 19. The van der Waals surface area contributed by atoms with Crippen LogP contribution in [0.25, 0.3) is 0 Å². The van der Waals surface area contributed by atoms with E-state index in [4.69, 9.17) is 61.6 Å². The van der Waals surface area contributed by atoms with Crippen molar-refractivity contribution in [1.82, 2.24) is 0 Å². The average Bonchev–Trinajstić information content (AvgIpc) is 3.99. The molecule has 7 fully saturated rings. The van der Waals surface area contributed by atoms with Gasteiger partial charge in [-0.2, -0.15) is 0 Å². The summed E-state index contributed by atoms with van der Waals surface area (Å²) in [5.74, 6) is 0. The van der Waals surface area contributed by atoms with E-state index < -0.39 is 237 Å². The van der Waals surface area contributed by atoms with E-state index in [2.05, 4.69) is 0 Å². The van der Waals surface area contributed by atoms with E-state index in [1.54, 1.807) is 0 Å². The van der Waals surface area contributed by atoms with Gasteiger partial charge in [-0.15, -0.1) is 0 Å². The molecule has 19 N–H and O–H groups in total. The molecule has 32 nitrogen and oxygen atoms in total. The van der Waals surface area contributed by atoms with Gasteiger partial charge in [-0.05, 0) is 0 Å². The summed E-state index contributed by atoms with van der Waals surface area (Å²) in [6.45, 7) is -5.37. The number of hydrogen-bond acceptors (Lipinski definition) is 32. The Balaban J connectivity index is 0.988. The summed E-state index contributed by atoms with van der Waals surface area (Å²) < 4.78 is 72.7. The maximum Gasteiger partial charge on any atom is 0.187 e. The van der Waals surface area contributed by atoms with Crippen LogP contribution in [0, 0.1) is 0 Å². The van der Waals surface area contributed by atoms with E-state index in [0.29, 0.717) is 0 Å². The second kappa shape index (κ2) is 24.2. The highest BCUT2D eigenvalue weighted by Gasteiger charge is 2.56. The number of hydrogen-bond donors (Lipinski definition) is 19. The summed E-state index contributed by atoms with van der Waals surface area (Å²) in [5, 5.41) is 198. The Morgan fingerprint density at radius 3 is 0.986 bits per heavy atom. The Bertz CT molecular complexity index is 1610. The fourth-order valence-electron chi connectivity index (χ4n) is 8.81. The lowest BCUT2D eigenvalue weighted by molar-refractivity contribution is -0.394. The molecule has 0 aromatic carbocycles. The van der Waals surface area contributed by atoms with Crippen LogP contribution in [0.3, 0.4) is 0 Å². The van der Waals surface area contributed by atoms with Gasteiger partial charge in [0.2, 0.25) is 0 Å². The van der Waals surface area contributed by atoms with E-state index in [-0.39, 0.29) is 0 Å². The second-order valence-electron chi connectivity index (χ2n) is 17.7. The quantitative estimate of drug-likeness (QED) is 0.0571. The molecule has 408 valence electrons. The molecule has 0 amide bonds. The maximum absolute atomic E-state index is 11.3. The smallest absolute Gasteiger partial charge is 0.187 e. The van der Waals surface area contributed by atoms with Crippen molar-refractivity contribution in [3.8, 4) is 0 Å². The highest BCUT2D eigenvalue weighted by atomic mass is 16.8. The van der Waals surface area contributed by atoms with Crippen LogP contribution in [0.5, 0.6) is 0 Å². The first kappa shape index (κ1) is 56.4. The van der Waals surface area contributed by atoms with Gasteiger partial charge in [0.15, 0.2) is 44.0 Å². The van der Waals surface area contributed by atoms with E-state index in [1.165, 1.54) is 0 Å². The zero-order valence-electron chi connectivity index (χ0n) is 36.7. The fourth-order valence-corrected chi connectivity index (χ4v) is 8.81. The molecule has 7 aliphatic rings. The van der Waals surface area contributed by atoms with E-state index in [0.717, 1.165) is 0 Å². The molecule has 0 aliphatic carbocycles. The summed E-state index contributed by atoms with van der Waals surface area (Å²) in [6.07, 6.45) is -53.8. The van der Waals surface area contributed by atoms with Crippen molar-refractivity contribution in [2.45, 2.75) is 191 Å². The van der Waals surface area contributed by atoms with Crippen molar-refractivity contribution in [2.75, 3.05) is 46.2 Å². The lowest BCUT2D eigenvalue weighted by atomic mass is 9.96. The molecule has 0 radical (unpaired) electrons. The van der Waals surface area contributed by atoms with Crippen molar-refractivity contribution >= 4 is 0 Å². The Morgan fingerprint density at radius 1 is 0.243 bits per heavy atom. The van der Waals surface area contributed by atoms with Crippen LogP contribution in [-0.4, -0.2) is 334 Å². The molecule has 31 atom stereocenters. The Labute approximate surface area is 395 Å². The molecule has 0 unspecified atom stereocenters. The van der Waals surface area contributed by atoms with Gasteiger partial charge in [-0.1, -0.05) is 0 Å². The fraction of sp³-hybridized carbons (Fsp3) is 1.00.